The summed E-state index contributed by atoms with van der Waals surface area (Å²) in [6.45, 7) is 2.56. The number of nitrogens with zero attached hydrogens (tertiary/aromatic N) is 2. The van der Waals surface area contributed by atoms with E-state index in [1.165, 1.54) is 11.1 Å². The Kier molecular flexibility index (Phi) is 4.92. The second kappa shape index (κ2) is 7.29. The van der Waals surface area contributed by atoms with Gasteiger partial charge in [0.2, 0.25) is 0 Å². The standard InChI is InChI=1S/C17H19N3S/c1-3-7-15(8-4-1)11-20-13-18-17(19-14-20)21-12-16-9-5-2-6-10-16/h1-10H,11-14H2,(H,18,19). The van der Waals surface area contributed by atoms with E-state index in [1.807, 2.05) is 6.07 Å². The number of hydrogen-bond acceptors (Lipinski definition) is 4. The van der Waals surface area contributed by atoms with Crippen molar-refractivity contribution in [2.45, 2.75) is 12.3 Å². The Hall–Kier alpha value is -1.78. The predicted molar refractivity (Wildman–Crippen MR) is 90.0 cm³/mol. The molecule has 21 heavy (non-hydrogen) atoms. The zero-order valence-electron chi connectivity index (χ0n) is 11.9. The highest BCUT2D eigenvalue weighted by Crippen LogP contribution is 2.15. The monoisotopic (exact) mass is 297 g/mol. The Labute approximate surface area is 130 Å². The third-order valence-corrected chi connectivity index (χ3v) is 4.36. The van der Waals surface area contributed by atoms with Gasteiger partial charge in [-0.1, -0.05) is 72.4 Å². The topological polar surface area (TPSA) is 27.6 Å². The van der Waals surface area contributed by atoms with Gasteiger partial charge in [0.25, 0.3) is 0 Å². The van der Waals surface area contributed by atoms with Crippen molar-refractivity contribution in [3.05, 3.63) is 71.8 Å². The van der Waals surface area contributed by atoms with Gasteiger partial charge in [0.1, 0.15) is 0 Å². The van der Waals surface area contributed by atoms with E-state index in [0.29, 0.717) is 0 Å². The van der Waals surface area contributed by atoms with Crippen LogP contribution in [0, 0.1) is 0 Å². The van der Waals surface area contributed by atoms with Gasteiger partial charge in [-0.2, -0.15) is 0 Å². The van der Waals surface area contributed by atoms with E-state index in [0.717, 1.165) is 30.8 Å². The summed E-state index contributed by atoms with van der Waals surface area (Å²) < 4.78 is 0. The minimum absolute atomic E-state index is 0.763. The van der Waals surface area contributed by atoms with Gasteiger partial charge in [-0.15, -0.1) is 0 Å². The average molecular weight is 297 g/mol. The molecule has 2 aromatic carbocycles. The molecule has 3 nitrogen and oxygen atoms in total. The molecule has 0 saturated heterocycles. The van der Waals surface area contributed by atoms with Gasteiger partial charge >= 0.3 is 0 Å². The van der Waals surface area contributed by atoms with Gasteiger partial charge in [-0.3, -0.25) is 4.90 Å². The molecule has 108 valence electrons. The number of rotatable bonds is 4. The Balaban J connectivity index is 1.48. The molecule has 0 unspecified atom stereocenters. The molecular weight excluding hydrogens is 278 g/mol. The summed E-state index contributed by atoms with van der Waals surface area (Å²) in [5.74, 6) is 0.964. The van der Waals surface area contributed by atoms with Crippen LogP contribution in [0.3, 0.4) is 0 Å². The first-order chi connectivity index (χ1) is 10.4. The first-order valence-corrected chi connectivity index (χ1v) is 8.10. The van der Waals surface area contributed by atoms with E-state index in [2.05, 4.69) is 69.8 Å². The second-order valence-electron chi connectivity index (χ2n) is 5.03. The lowest BCUT2D eigenvalue weighted by Crippen LogP contribution is -2.41. The lowest BCUT2D eigenvalue weighted by Gasteiger charge is -2.26. The molecule has 2 aromatic rings. The van der Waals surface area contributed by atoms with Gasteiger partial charge in [-0.05, 0) is 11.1 Å². The molecule has 1 N–H and O–H groups in total. The lowest BCUT2D eigenvalue weighted by molar-refractivity contribution is 0.258. The molecular formula is C17H19N3S. The predicted octanol–water partition coefficient (Wildman–Crippen LogP) is 3.30. The number of aliphatic imine (C=N–C) groups is 1. The fourth-order valence-electron chi connectivity index (χ4n) is 2.22. The molecule has 0 atom stereocenters. The Morgan fingerprint density at radius 1 is 0.952 bits per heavy atom. The zero-order valence-corrected chi connectivity index (χ0v) is 12.7. The maximum atomic E-state index is 4.62. The summed E-state index contributed by atoms with van der Waals surface area (Å²) in [6.07, 6.45) is 0. The lowest BCUT2D eigenvalue weighted by atomic mass is 10.2. The molecule has 1 aliphatic heterocycles. The van der Waals surface area contributed by atoms with Crippen molar-refractivity contribution in [1.82, 2.24) is 10.2 Å². The molecule has 0 fully saturated rings. The summed E-state index contributed by atoms with van der Waals surface area (Å²) in [4.78, 5) is 6.91. The zero-order chi connectivity index (χ0) is 14.3. The van der Waals surface area contributed by atoms with E-state index < -0.39 is 0 Å². The number of hydrogen-bond donors (Lipinski definition) is 1. The summed E-state index contributed by atoms with van der Waals surface area (Å²) in [5.41, 5.74) is 2.66. The Bertz CT molecular complexity index is 583. The third-order valence-electron chi connectivity index (χ3n) is 3.34. The molecule has 0 amide bonds. The average Bonchev–Trinajstić information content (AvgIpc) is 2.56. The van der Waals surface area contributed by atoms with E-state index in [1.54, 1.807) is 11.8 Å². The smallest absolute Gasteiger partial charge is 0.159 e. The van der Waals surface area contributed by atoms with Crippen LogP contribution in [-0.4, -0.2) is 23.4 Å². The Morgan fingerprint density at radius 2 is 1.62 bits per heavy atom. The van der Waals surface area contributed by atoms with Gasteiger partial charge in [0.05, 0.1) is 13.3 Å². The van der Waals surface area contributed by atoms with Crippen LogP contribution in [0.1, 0.15) is 11.1 Å². The quantitative estimate of drug-likeness (QED) is 0.938. The van der Waals surface area contributed by atoms with Gasteiger partial charge < -0.3 is 5.32 Å². The van der Waals surface area contributed by atoms with Crippen molar-refractivity contribution in [3.63, 3.8) is 0 Å². The molecule has 1 aliphatic rings. The van der Waals surface area contributed by atoms with Crippen LogP contribution < -0.4 is 5.32 Å². The SMILES string of the molecule is c1ccc(CSC2=NCN(Cc3ccccc3)CN2)cc1. The third kappa shape index (κ3) is 4.34. The van der Waals surface area contributed by atoms with Crippen molar-refractivity contribution < 1.29 is 0 Å². The largest absolute Gasteiger partial charge is 0.352 e. The molecule has 0 bridgehead atoms. The van der Waals surface area contributed by atoms with E-state index >= 15 is 0 Å². The molecule has 1 heterocycles. The van der Waals surface area contributed by atoms with E-state index in [9.17, 15) is 0 Å². The van der Waals surface area contributed by atoms with Crippen LogP contribution in [0.25, 0.3) is 0 Å². The van der Waals surface area contributed by atoms with Crippen molar-refractivity contribution >= 4 is 16.9 Å². The Morgan fingerprint density at radius 3 is 2.24 bits per heavy atom. The number of thioether (sulfide) groups is 1. The minimum atomic E-state index is 0.763. The molecule has 0 radical (unpaired) electrons. The molecule has 3 rings (SSSR count). The number of amidine groups is 1. The molecule has 0 saturated carbocycles. The molecule has 0 aliphatic carbocycles. The van der Waals surface area contributed by atoms with Crippen LogP contribution >= 0.6 is 11.8 Å². The summed E-state index contributed by atoms with van der Waals surface area (Å²) in [7, 11) is 0. The van der Waals surface area contributed by atoms with Crippen LogP contribution in [0.2, 0.25) is 0 Å². The first kappa shape index (κ1) is 14.2. The van der Waals surface area contributed by atoms with Crippen molar-refractivity contribution in [3.8, 4) is 0 Å². The first-order valence-electron chi connectivity index (χ1n) is 7.11. The highest BCUT2D eigenvalue weighted by Gasteiger charge is 2.12. The fourth-order valence-corrected chi connectivity index (χ4v) is 3.03. The van der Waals surface area contributed by atoms with E-state index in [4.69, 9.17) is 0 Å². The van der Waals surface area contributed by atoms with Crippen molar-refractivity contribution in [2.75, 3.05) is 13.3 Å². The maximum Gasteiger partial charge on any atom is 0.159 e. The molecule has 0 aromatic heterocycles. The van der Waals surface area contributed by atoms with Crippen molar-refractivity contribution in [1.29, 1.82) is 0 Å². The van der Waals surface area contributed by atoms with Gasteiger partial charge in [-0.25, -0.2) is 4.99 Å². The van der Waals surface area contributed by atoms with Crippen LogP contribution in [0.4, 0.5) is 0 Å². The fraction of sp³-hybridized carbons (Fsp3) is 0.235. The number of nitrogens with one attached hydrogen (secondary N) is 1. The van der Waals surface area contributed by atoms with Crippen LogP contribution in [-0.2, 0) is 12.3 Å². The van der Waals surface area contributed by atoms with Crippen LogP contribution in [0.15, 0.2) is 65.7 Å². The van der Waals surface area contributed by atoms with Crippen LogP contribution in [0.5, 0.6) is 0 Å². The summed E-state index contributed by atoms with van der Waals surface area (Å²) >= 11 is 1.77. The summed E-state index contributed by atoms with van der Waals surface area (Å²) in [5, 5.41) is 4.44. The highest BCUT2D eigenvalue weighted by molar-refractivity contribution is 8.13. The summed E-state index contributed by atoms with van der Waals surface area (Å²) in [6, 6.07) is 21.0. The maximum absolute atomic E-state index is 4.62. The van der Waals surface area contributed by atoms with Crippen molar-refractivity contribution in [2.24, 2.45) is 4.99 Å². The van der Waals surface area contributed by atoms with Gasteiger partial charge in [0.15, 0.2) is 5.17 Å². The highest BCUT2D eigenvalue weighted by atomic mass is 32.2. The number of benzene rings is 2. The molecule has 4 heteroatoms. The van der Waals surface area contributed by atoms with Gasteiger partial charge in [0, 0.05) is 12.3 Å². The minimum Gasteiger partial charge on any atom is -0.352 e. The second-order valence-corrected chi connectivity index (χ2v) is 5.99. The molecule has 0 spiro atoms. The van der Waals surface area contributed by atoms with E-state index in [-0.39, 0.29) is 0 Å². The normalized spacial score (nSPS) is 15.3.